The number of benzene rings is 1. The summed E-state index contributed by atoms with van der Waals surface area (Å²) >= 11 is 1.97. The maximum atomic E-state index is 13.3. The summed E-state index contributed by atoms with van der Waals surface area (Å²) < 4.78 is 15.4. The number of hydrogen-bond donors (Lipinski definition) is 1. The Bertz CT molecular complexity index is 518. The van der Waals surface area contributed by atoms with E-state index in [0.717, 1.165) is 0 Å². The molecule has 0 atom stereocenters. The topological polar surface area (TPSA) is 37.8 Å². The quantitative estimate of drug-likeness (QED) is 0.803. The summed E-state index contributed by atoms with van der Waals surface area (Å²) in [4.78, 5) is 11.0. The summed E-state index contributed by atoms with van der Waals surface area (Å²) in [5.41, 5.74) is 0.108. The Balaban J connectivity index is 2.66. The zero-order valence-corrected chi connectivity index (χ0v) is 9.16. The van der Waals surface area contributed by atoms with Crippen molar-refractivity contribution < 1.29 is 4.39 Å². The van der Waals surface area contributed by atoms with E-state index in [0.29, 0.717) is 9.39 Å². The second kappa shape index (κ2) is 3.56. The largest absolute Gasteiger partial charge is 0.268 e. The van der Waals surface area contributed by atoms with Gasteiger partial charge < -0.3 is 0 Å². The van der Waals surface area contributed by atoms with Crippen molar-refractivity contribution in [2.45, 2.75) is 0 Å². The number of nitrogens with one attached hydrogen (secondary N) is 1. The molecular formula is C9H6FIN2O. The van der Waals surface area contributed by atoms with Crippen molar-refractivity contribution in [1.29, 1.82) is 0 Å². The molecule has 0 saturated heterocycles. The molecule has 5 heteroatoms. The van der Waals surface area contributed by atoms with Gasteiger partial charge in [-0.15, -0.1) is 0 Å². The minimum Gasteiger partial charge on any atom is -0.268 e. The molecule has 0 aliphatic rings. The van der Waals surface area contributed by atoms with E-state index in [2.05, 4.69) is 5.10 Å². The van der Waals surface area contributed by atoms with Crippen LogP contribution in [0, 0.1) is 9.52 Å². The molecule has 0 aliphatic carbocycles. The lowest BCUT2D eigenvalue weighted by Crippen LogP contribution is -2.05. The first-order valence-corrected chi connectivity index (χ1v) is 4.99. The van der Waals surface area contributed by atoms with Gasteiger partial charge in [0.2, 0.25) is 0 Å². The third-order valence-electron chi connectivity index (χ3n) is 1.78. The second-order valence-corrected chi connectivity index (χ2v) is 3.84. The van der Waals surface area contributed by atoms with Crippen LogP contribution in [0.3, 0.4) is 0 Å². The third-order valence-corrected chi connectivity index (χ3v) is 2.57. The Kier molecular flexibility index (Phi) is 2.40. The van der Waals surface area contributed by atoms with E-state index < -0.39 is 0 Å². The van der Waals surface area contributed by atoms with Crippen LogP contribution in [0.4, 0.5) is 4.39 Å². The number of aromatic amines is 1. The van der Waals surface area contributed by atoms with Gasteiger partial charge in [-0.2, -0.15) is 0 Å². The highest BCUT2D eigenvalue weighted by Crippen LogP contribution is 2.13. The highest BCUT2D eigenvalue weighted by molar-refractivity contribution is 14.1. The Morgan fingerprint density at radius 2 is 2.07 bits per heavy atom. The molecule has 0 bridgehead atoms. The summed E-state index contributed by atoms with van der Waals surface area (Å²) in [6.45, 7) is 0. The molecule has 0 fully saturated rings. The van der Waals surface area contributed by atoms with Crippen LogP contribution in [0.25, 0.3) is 5.69 Å². The Morgan fingerprint density at radius 1 is 1.36 bits per heavy atom. The predicted molar refractivity (Wildman–Crippen MR) is 59.1 cm³/mol. The zero-order valence-electron chi connectivity index (χ0n) is 7.00. The number of nitrogens with zero attached hydrogens (tertiary/aromatic N) is 1. The van der Waals surface area contributed by atoms with Crippen LogP contribution >= 0.6 is 22.6 Å². The van der Waals surface area contributed by atoms with Crippen molar-refractivity contribution in [2.75, 3.05) is 0 Å². The van der Waals surface area contributed by atoms with Gasteiger partial charge >= 0.3 is 0 Å². The van der Waals surface area contributed by atoms with E-state index >= 15 is 0 Å². The summed E-state index contributed by atoms with van der Waals surface area (Å²) in [5, 5.41) is 2.52. The maximum Gasteiger partial charge on any atom is 0.265 e. The van der Waals surface area contributed by atoms with Gasteiger partial charge in [-0.25, -0.2) is 9.07 Å². The number of halogens is 2. The van der Waals surface area contributed by atoms with Crippen molar-refractivity contribution in [1.82, 2.24) is 9.78 Å². The zero-order chi connectivity index (χ0) is 10.1. The molecule has 72 valence electrons. The lowest BCUT2D eigenvalue weighted by Gasteiger charge is -2.04. The molecule has 1 N–H and O–H groups in total. The smallest absolute Gasteiger partial charge is 0.265 e. The van der Waals surface area contributed by atoms with Crippen molar-refractivity contribution >= 4 is 22.6 Å². The maximum absolute atomic E-state index is 13.3. The van der Waals surface area contributed by atoms with Gasteiger partial charge in [0, 0.05) is 6.07 Å². The standard InChI is InChI=1S/C9H6FIN2O/c10-6-3-1-2-4-7(6)13-8(11)5-9(14)12-13/h1-5H,(H,12,14). The van der Waals surface area contributed by atoms with Gasteiger partial charge in [-0.1, -0.05) is 12.1 Å². The highest BCUT2D eigenvalue weighted by Gasteiger charge is 2.07. The lowest BCUT2D eigenvalue weighted by molar-refractivity contribution is 0.608. The fourth-order valence-corrected chi connectivity index (χ4v) is 1.84. The van der Waals surface area contributed by atoms with Crippen molar-refractivity contribution in [3.63, 3.8) is 0 Å². The predicted octanol–water partition coefficient (Wildman–Crippen LogP) is 1.91. The van der Waals surface area contributed by atoms with Crippen LogP contribution in [-0.2, 0) is 0 Å². The van der Waals surface area contributed by atoms with Crippen molar-refractivity contribution in [3.8, 4) is 5.69 Å². The Hall–Kier alpha value is -1.11. The van der Waals surface area contributed by atoms with E-state index in [1.165, 1.54) is 16.8 Å². The van der Waals surface area contributed by atoms with Gasteiger partial charge in [0.25, 0.3) is 5.56 Å². The van der Waals surface area contributed by atoms with Gasteiger partial charge in [0.1, 0.15) is 9.52 Å². The first-order chi connectivity index (χ1) is 6.68. The van der Waals surface area contributed by atoms with Gasteiger partial charge in [0.05, 0.1) is 5.69 Å². The molecule has 2 rings (SSSR count). The molecular weight excluding hydrogens is 298 g/mol. The molecule has 2 aromatic rings. The van der Waals surface area contributed by atoms with E-state index in [4.69, 9.17) is 0 Å². The van der Waals surface area contributed by atoms with E-state index in [9.17, 15) is 9.18 Å². The van der Waals surface area contributed by atoms with Crippen LogP contribution < -0.4 is 5.56 Å². The fourth-order valence-electron chi connectivity index (χ4n) is 1.18. The highest BCUT2D eigenvalue weighted by atomic mass is 127. The van der Waals surface area contributed by atoms with E-state index in [1.807, 2.05) is 22.6 Å². The lowest BCUT2D eigenvalue weighted by atomic mass is 10.3. The molecule has 14 heavy (non-hydrogen) atoms. The molecule has 0 aliphatic heterocycles. The molecule has 1 aromatic heterocycles. The van der Waals surface area contributed by atoms with Gasteiger partial charge in [-0.05, 0) is 34.7 Å². The Morgan fingerprint density at radius 3 is 2.64 bits per heavy atom. The van der Waals surface area contributed by atoms with Crippen LogP contribution in [0.5, 0.6) is 0 Å². The monoisotopic (exact) mass is 304 g/mol. The number of rotatable bonds is 1. The normalized spacial score (nSPS) is 10.4. The number of H-pyrrole nitrogens is 1. The molecule has 1 aromatic carbocycles. The average molecular weight is 304 g/mol. The van der Waals surface area contributed by atoms with Gasteiger partial charge in [0.15, 0.2) is 0 Å². The minimum absolute atomic E-state index is 0.238. The van der Waals surface area contributed by atoms with Crippen LogP contribution in [0.15, 0.2) is 35.1 Å². The van der Waals surface area contributed by atoms with E-state index in [-0.39, 0.29) is 11.4 Å². The minimum atomic E-state index is -0.364. The number of hydrogen-bond acceptors (Lipinski definition) is 1. The molecule has 0 saturated carbocycles. The molecule has 0 spiro atoms. The summed E-state index contributed by atoms with van der Waals surface area (Å²) in [7, 11) is 0. The van der Waals surface area contributed by atoms with Crippen LogP contribution in [0.2, 0.25) is 0 Å². The number of para-hydroxylation sites is 1. The third kappa shape index (κ3) is 1.59. The fraction of sp³-hybridized carbons (Fsp3) is 0. The molecule has 0 radical (unpaired) electrons. The molecule has 3 nitrogen and oxygen atoms in total. The first kappa shape index (κ1) is 9.45. The SMILES string of the molecule is O=c1cc(I)n(-c2ccccc2F)[nH]1. The Labute approximate surface area is 92.7 Å². The van der Waals surface area contributed by atoms with Crippen molar-refractivity contribution in [2.24, 2.45) is 0 Å². The summed E-state index contributed by atoms with van der Waals surface area (Å²) in [6, 6.07) is 7.68. The van der Waals surface area contributed by atoms with E-state index in [1.54, 1.807) is 18.2 Å². The molecule has 1 heterocycles. The summed E-state index contributed by atoms with van der Waals surface area (Å²) in [5.74, 6) is -0.364. The van der Waals surface area contributed by atoms with Crippen molar-refractivity contribution in [3.05, 3.63) is 50.2 Å². The van der Waals surface area contributed by atoms with Crippen LogP contribution in [-0.4, -0.2) is 9.78 Å². The van der Waals surface area contributed by atoms with Gasteiger partial charge in [-0.3, -0.25) is 9.89 Å². The second-order valence-electron chi connectivity index (χ2n) is 2.73. The number of aromatic nitrogens is 2. The molecule has 0 unspecified atom stereocenters. The average Bonchev–Trinajstić information content (AvgIpc) is 2.46. The summed E-state index contributed by atoms with van der Waals surface area (Å²) in [6.07, 6.45) is 0. The van der Waals surface area contributed by atoms with Crippen LogP contribution in [0.1, 0.15) is 0 Å². The first-order valence-electron chi connectivity index (χ1n) is 3.91. The molecule has 0 amide bonds.